The second-order valence-corrected chi connectivity index (χ2v) is 6.25. The van der Waals surface area contributed by atoms with Crippen LogP contribution >= 0.6 is 0 Å². The van der Waals surface area contributed by atoms with E-state index in [4.69, 9.17) is 0 Å². The molecule has 0 spiro atoms. The lowest BCUT2D eigenvalue weighted by Gasteiger charge is -2.11. The van der Waals surface area contributed by atoms with Crippen LogP contribution in [0.1, 0.15) is 15.9 Å². The van der Waals surface area contributed by atoms with Gasteiger partial charge < -0.3 is 10.2 Å². The first-order valence-corrected chi connectivity index (χ1v) is 8.54. The van der Waals surface area contributed by atoms with Crippen LogP contribution in [0.4, 0.5) is 17.1 Å². The Hall–Kier alpha value is -3.33. The van der Waals surface area contributed by atoms with Gasteiger partial charge in [0.25, 0.3) is 0 Å². The summed E-state index contributed by atoms with van der Waals surface area (Å²) in [4.78, 5) is 14.4. The minimum absolute atomic E-state index is 0.00653. The fourth-order valence-corrected chi connectivity index (χ4v) is 2.56. The van der Waals surface area contributed by atoms with Crippen LogP contribution in [-0.2, 0) is 0 Å². The van der Waals surface area contributed by atoms with Crippen molar-refractivity contribution < 1.29 is 4.79 Å². The van der Waals surface area contributed by atoms with E-state index in [0.29, 0.717) is 5.56 Å². The first-order chi connectivity index (χ1) is 12.6. The van der Waals surface area contributed by atoms with Crippen LogP contribution < -0.4 is 10.2 Å². The Morgan fingerprint density at radius 2 is 1.42 bits per heavy atom. The summed E-state index contributed by atoms with van der Waals surface area (Å²) in [6.45, 7) is 0. The third kappa shape index (κ3) is 4.61. The monoisotopic (exact) mass is 342 g/mol. The Labute approximate surface area is 154 Å². The number of hydrogen-bond donors (Lipinski definition) is 1. The van der Waals surface area contributed by atoms with Crippen molar-refractivity contribution in [2.24, 2.45) is 0 Å². The molecule has 0 aliphatic heterocycles. The molecular weight excluding hydrogens is 320 g/mol. The molecule has 0 amide bonds. The number of rotatable bonds is 6. The van der Waals surface area contributed by atoms with E-state index < -0.39 is 0 Å². The van der Waals surface area contributed by atoms with Gasteiger partial charge in [-0.3, -0.25) is 4.79 Å². The molecule has 0 saturated carbocycles. The number of para-hydroxylation sites is 1. The Morgan fingerprint density at radius 3 is 2.04 bits per heavy atom. The van der Waals surface area contributed by atoms with Crippen molar-refractivity contribution in [3.8, 4) is 0 Å². The van der Waals surface area contributed by atoms with Gasteiger partial charge in [0, 0.05) is 36.7 Å². The van der Waals surface area contributed by atoms with Crippen LogP contribution in [0.3, 0.4) is 0 Å². The number of ketones is 1. The number of nitrogens with zero attached hydrogens (tertiary/aromatic N) is 1. The van der Waals surface area contributed by atoms with Gasteiger partial charge in [0.2, 0.25) is 0 Å². The molecule has 0 aromatic heterocycles. The normalized spacial score (nSPS) is 10.7. The van der Waals surface area contributed by atoms with E-state index in [1.54, 1.807) is 6.08 Å². The second-order valence-electron chi connectivity index (χ2n) is 6.25. The Morgan fingerprint density at radius 1 is 0.808 bits per heavy atom. The molecule has 1 N–H and O–H groups in total. The minimum atomic E-state index is -0.00653. The first kappa shape index (κ1) is 17.5. The molecule has 3 heteroatoms. The zero-order chi connectivity index (χ0) is 18.4. The molecule has 0 bridgehead atoms. The maximum Gasteiger partial charge on any atom is 0.185 e. The van der Waals surface area contributed by atoms with Crippen LogP contribution in [0.15, 0.2) is 84.9 Å². The number of anilines is 3. The summed E-state index contributed by atoms with van der Waals surface area (Å²) in [6, 6.07) is 25.5. The van der Waals surface area contributed by atoms with Gasteiger partial charge >= 0.3 is 0 Å². The largest absolute Gasteiger partial charge is 0.378 e. The number of hydrogen-bond acceptors (Lipinski definition) is 3. The topological polar surface area (TPSA) is 32.3 Å². The maximum absolute atomic E-state index is 12.3. The van der Waals surface area contributed by atoms with Gasteiger partial charge in [-0.25, -0.2) is 0 Å². The number of benzene rings is 3. The average molecular weight is 342 g/mol. The molecule has 3 aromatic carbocycles. The van der Waals surface area contributed by atoms with E-state index in [1.807, 2.05) is 104 Å². The lowest BCUT2D eigenvalue weighted by molar-refractivity contribution is 0.104. The maximum atomic E-state index is 12.3. The summed E-state index contributed by atoms with van der Waals surface area (Å²) < 4.78 is 0. The molecule has 0 aliphatic rings. The van der Waals surface area contributed by atoms with Crippen LogP contribution in [0.25, 0.3) is 6.08 Å². The highest BCUT2D eigenvalue weighted by Gasteiger charge is 2.02. The molecule has 0 aliphatic carbocycles. The Bertz CT molecular complexity index is 880. The SMILES string of the molecule is CN(C)c1ccc(/C=C/C(=O)c2ccc(Nc3ccccc3)cc2)cc1. The Kier molecular flexibility index (Phi) is 5.49. The number of nitrogens with one attached hydrogen (secondary N) is 1. The molecule has 0 fully saturated rings. The summed E-state index contributed by atoms with van der Waals surface area (Å²) in [5.74, 6) is -0.00653. The van der Waals surface area contributed by atoms with Crippen molar-refractivity contribution in [3.05, 3.63) is 96.1 Å². The summed E-state index contributed by atoms with van der Waals surface area (Å²) in [7, 11) is 4.01. The molecule has 3 aromatic rings. The molecule has 3 nitrogen and oxygen atoms in total. The fraction of sp³-hybridized carbons (Fsp3) is 0.0870. The van der Waals surface area contributed by atoms with Gasteiger partial charge in [-0.1, -0.05) is 36.4 Å². The number of allylic oxidation sites excluding steroid dienone is 1. The summed E-state index contributed by atoms with van der Waals surface area (Å²) in [5.41, 5.74) is 4.79. The average Bonchev–Trinajstić information content (AvgIpc) is 2.68. The van der Waals surface area contributed by atoms with Crippen molar-refractivity contribution in [2.45, 2.75) is 0 Å². The van der Waals surface area contributed by atoms with Crippen molar-refractivity contribution in [1.82, 2.24) is 0 Å². The molecule has 3 rings (SSSR count). The highest BCUT2D eigenvalue weighted by atomic mass is 16.1. The van der Waals surface area contributed by atoms with Gasteiger partial charge in [0.05, 0.1) is 0 Å². The van der Waals surface area contributed by atoms with Gasteiger partial charge in [-0.2, -0.15) is 0 Å². The fourth-order valence-electron chi connectivity index (χ4n) is 2.56. The second kappa shape index (κ2) is 8.17. The first-order valence-electron chi connectivity index (χ1n) is 8.54. The molecule has 0 atom stereocenters. The van der Waals surface area contributed by atoms with Crippen molar-refractivity contribution in [2.75, 3.05) is 24.3 Å². The zero-order valence-corrected chi connectivity index (χ0v) is 15.0. The lowest BCUT2D eigenvalue weighted by Crippen LogP contribution is -2.07. The highest BCUT2D eigenvalue weighted by Crippen LogP contribution is 2.17. The van der Waals surface area contributed by atoms with E-state index in [1.165, 1.54) is 0 Å². The summed E-state index contributed by atoms with van der Waals surface area (Å²) >= 11 is 0. The van der Waals surface area contributed by atoms with Crippen LogP contribution in [-0.4, -0.2) is 19.9 Å². The van der Waals surface area contributed by atoms with E-state index in [2.05, 4.69) is 5.32 Å². The third-order valence-electron chi connectivity index (χ3n) is 4.07. The van der Waals surface area contributed by atoms with Gasteiger partial charge in [0.1, 0.15) is 0 Å². The van der Waals surface area contributed by atoms with Crippen molar-refractivity contribution >= 4 is 28.9 Å². The van der Waals surface area contributed by atoms with Crippen LogP contribution in [0, 0.1) is 0 Å². The van der Waals surface area contributed by atoms with E-state index >= 15 is 0 Å². The molecule has 130 valence electrons. The van der Waals surface area contributed by atoms with Crippen molar-refractivity contribution in [1.29, 1.82) is 0 Å². The number of carbonyl (C=O) groups is 1. The van der Waals surface area contributed by atoms with Crippen LogP contribution in [0.2, 0.25) is 0 Å². The number of carbonyl (C=O) groups excluding carboxylic acids is 1. The highest BCUT2D eigenvalue weighted by molar-refractivity contribution is 6.07. The van der Waals surface area contributed by atoms with E-state index in [0.717, 1.165) is 22.6 Å². The van der Waals surface area contributed by atoms with E-state index in [-0.39, 0.29) is 5.78 Å². The molecular formula is C23H22N2O. The minimum Gasteiger partial charge on any atom is -0.378 e. The molecule has 0 radical (unpaired) electrons. The quantitative estimate of drug-likeness (QED) is 0.481. The third-order valence-corrected chi connectivity index (χ3v) is 4.07. The van der Waals surface area contributed by atoms with Gasteiger partial charge in [-0.15, -0.1) is 0 Å². The summed E-state index contributed by atoms with van der Waals surface area (Å²) in [6.07, 6.45) is 3.46. The van der Waals surface area contributed by atoms with Gasteiger partial charge in [0.15, 0.2) is 5.78 Å². The smallest absolute Gasteiger partial charge is 0.185 e. The van der Waals surface area contributed by atoms with Gasteiger partial charge in [-0.05, 0) is 60.2 Å². The molecule has 0 heterocycles. The predicted molar refractivity (Wildman–Crippen MR) is 110 cm³/mol. The van der Waals surface area contributed by atoms with Crippen LogP contribution in [0.5, 0.6) is 0 Å². The van der Waals surface area contributed by atoms with Crippen molar-refractivity contribution in [3.63, 3.8) is 0 Å². The lowest BCUT2D eigenvalue weighted by atomic mass is 10.1. The molecule has 0 unspecified atom stereocenters. The van der Waals surface area contributed by atoms with E-state index in [9.17, 15) is 4.79 Å². The standard InChI is InChI=1S/C23H22N2O/c1-25(2)22-15-8-18(9-16-22)10-17-23(26)19-11-13-21(14-12-19)24-20-6-4-3-5-7-20/h3-17,24H,1-2H3/b17-10+. The molecule has 26 heavy (non-hydrogen) atoms. The molecule has 0 saturated heterocycles. The predicted octanol–water partition coefficient (Wildman–Crippen LogP) is 5.39. The zero-order valence-electron chi connectivity index (χ0n) is 15.0. The summed E-state index contributed by atoms with van der Waals surface area (Å²) in [5, 5.41) is 3.31. The Balaban J connectivity index is 1.64.